The largest absolute Gasteiger partial charge is 0.380 e. The van der Waals surface area contributed by atoms with Crippen molar-refractivity contribution in [3.05, 3.63) is 65.9 Å². The Kier molecular flexibility index (Phi) is 2.93. The fourth-order valence-corrected chi connectivity index (χ4v) is 2.02. The van der Waals surface area contributed by atoms with Gasteiger partial charge in [0.25, 0.3) is 0 Å². The van der Waals surface area contributed by atoms with E-state index in [1.807, 2.05) is 37.3 Å². The quantitative estimate of drug-likeness (QED) is 0.760. The maximum Gasteiger partial charge on any atom is 0.161 e. The number of pyridine rings is 1. The van der Waals surface area contributed by atoms with Gasteiger partial charge in [-0.25, -0.2) is 9.97 Å². The number of nitrogens with zero attached hydrogens (tertiary/aromatic N) is 3. The zero-order chi connectivity index (χ0) is 13.2. The second-order valence-electron chi connectivity index (χ2n) is 4.41. The Morgan fingerprint density at radius 2 is 1.84 bits per heavy atom. The van der Waals surface area contributed by atoms with Crippen LogP contribution in [0.1, 0.15) is 23.2 Å². The Morgan fingerprint density at radius 1 is 1.05 bits per heavy atom. The van der Waals surface area contributed by atoms with Crippen LogP contribution >= 0.6 is 0 Å². The van der Waals surface area contributed by atoms with Crippen LogP contribution in [0.3, 0.4) is 0 Å². The second-order valence-corrected chi connectivity index (χ2v) is 4.41. The number of benzene rings is 1. The van der Waals surface area contributed by atoms with Gasteiger partial charge < -0.3 is 5.11 Å². The number of hydrogen-bond acceptors (Lipinski definition) is 4. The molecular weight excluding hydrogens is 238 g/mol. The minimum Gasteiger partial charge on any atom is -0.380 e. The smallest absolute Gasteiger partial charge is 0.161 e. The van der Waals surface area contributed by atoms with Gasteiger partial charge in [-0.2, -0.15) is 0 Å². The normalized spacial score (nSPS) is 12.5. The number of hydrogen-bond donors (Lipinski definition) is 1. The van der Waals surface area contributed by atoms with Crippen molar-refractivity contribution in [1.82, 2.24) is 15.0 Å². The van der Waals surface area contributed by atoms with Gasteiger partial charge >= 0.3 is 0 Å². The molecule has 0 spiro atoms. The van der Waals surface area contributed by atoms with E-state index in [0.717, 1.165) is 22.2 Å². The Morgan fingerprint density at radius 3 is 2.63 bits per heavy atom. The lowest BCUT2D eigenvalue weighted by molar-refractivity contribution is 0.210. The molecule has 0 aliphatic heterocycles. The van der Waals surface area contributed by atoms with Crippen LogP contribution in [0.2, 0.25) is 0 Å². The van der Waals surface area contributed by atoms with Crippen molar-refractivity contribution in [2.75, 3.05) is 0 Å². The molecule has 0 saturated carbocycles. The third-order valence-electron chi connectivity index (χ3n) is 3.00. The molecule has 0 radical (unpaired) electrons. The van der Waals surface area contributed by atoms with Crippen molar-refractivity contribution < 1.29 is 5.11 Å². The highest BCUT2D eigenvalue weighted by Gasteiger charge is 2.13. The van der Waals surface area contributed by atoms with Gasteiger partial charge in [-0.1, -0.05) is 12.1 Å². The maximum absolute atomic E-state index is 10.3. The van der Waals surface area contributed by atoms with Crippen LogP contribution in [0.4, 0.5) is 0 Å². The van der Waals surface area contributed by atoms with Crippen LogP contribution in [0, 0.1) is 6.92 Å². The topological polar surface area (TPSA) is 58.9 Å². The zero-order valence-corrected chi connectivity index (χ0v) is 10.5. The highest BCUT2D eigenvalue weighted by molar-refractivity contribution is 5.79. The summed E-state index contributed by atoms with van der Waals surface area (Å²) in [5.41, 5.74) is 2.67. The van der Waals surface area contributed by atoms with Crippen molar-refractivity contribution in [1.29, 1.82) is 0 Å². The molecule has 0 amide bonds. The summed E-state index contributed by atoms with van der Waals surface area (Å²) in [7, 11) is 0. The molecule has 0 fully saturated rings. The molecule has 1 aromatic carbocycles. The van der Waals surface area contributed by atoms with E-state index in [9.17, 15) is 5.11 Å². The van der Waals surface area contributed by atoms with Gasteiger partial charge in [0.2, 0.25) is 0 Å². The van der Waals surface area contributed by atoms with Crippen molar-refractivity contribution in [3.63, 3.8) is 0 Å². The third-order valence-corrected chi connectivity index (χ3v) is 3.00. The molecule has 19 heavy (non-hydrogen) atoms. The van der Waals surface area contributed by atoms with Gasteiger partial charge in [-0.05, 0) is 36.8 Å². The summed E-state index contributed by atoms with van der Waals surface area (Å²) in [6.07, 6.45) is 2.43. The Labute approximate surface area is 110 Å². The Bertz CT molecular complexity index is 713. The number of aliphatic hydroxyl groups is 1. The number of rotatable bonds is 2. The van der Waals surface area contributed by atoms with E-state index in [4.69, 9.17) is 0 Å². The average molecular weight is 251 g/mol. The summed E-state index contributed by atoms with van der Waals surface area (Å²) in [6, 6.07) is 11.4. The molecule has 4 heteroatoms. The molecule has 3 rings (SSSR count). The molecule has 0 bridgehead atoms. The van der Waals surface area contributed by atoms with E-state index in [0.29, 0.717) is 5.82 Å². The molecular formula is C15H13N3O. The fourth-order valence-electron chi connectivity index (χ4n) is 2.02. The average Bonchev–Trinajstić information content (AvgIpc) is 2.47. The molecule has 3 aromatic rings. The maximum atomic E-state index is 10.3. The second kappa shape index (κ2) is 4.74. The highest BCUT2D eigenvalue weighted by atomic mass is 16.3. The summed E-state index contributed by atoms with van der Waals surface area (Å²) in [4.78, 5) is 12.6. The van der Waals surface area contributed by atoms with Gasteiger partial charge in [0, 0.05) is 23.5 Å². The van der Waals surface area contributed by atoms with Crippen LogP contribution in [0.5, 0.6) is 0 Å². The SMILES string of the molecule is Cc1ccc2cc(C(O)c3ncccn3)ccc2n1. The highest BCUT2D eigenvalue weighted by Crippen LogP contribution is 2.22. The summed E-state index contributed by atoms with van der Waals surface area (Å²) in [6.45, 7) is 1.96. The predicted octanol–water partition coefficient (Wildman–Crippen LogP) is 2.41. The molecule has 4 nitrogen and oxygen atoms in total. The van der Waals surface area contributed by atoms with E-state index < -0.39 is 6.10 Å². The van der Waals surface area contributed by atoms with Crippen molar-refractivity contribution in [2.45, 2.75) is 13.0 Å². The van der Waals surface area contributed by atoms with Crippen LogP contribution in [0.25, 0.3) is 10.9 Å². The minimum atomic E-state index is -0.813. The monoisotopic (exact) mass is 251 g/mol. The van der Waals surface area contributed by atoms with Crippen LogP contribution in [0.15, 0.2) is 48.8 Å². The number of fused-ring (bicyclic) bond motifs is 1. The molecule has 94 valence electrons. The van der Waals surface area contributed by atoms with Gasteiger partial charge in [-0.15, -0.1) is 0 Å². The van der Waals surface area contributed by atoms with Gasteiger partial charge in [0.15, 0.2) is 5.82 Å². The summed E-state index contributed by atoms with van der Waals surface area (Å²) >= 11 is 0. The first-order valence-corrected chi connectivity index (χ1v) is 6.06. The molecule has 0 aliphatic rings. The third kappa shape index (κ3) is 2.30. The molecule has 0 saturated heterocycles. The van der Waals surface area contributed by atoms with Crippen molar-refractivity contribution in [2.24, 2.45) is 0 Å². The zero-order valence-electron chi connectivity index (χ0n) is 10.5. The molecule has 2 aromatic heterocycles. The van der Waals surface area contributed by atoms with E-state index in [1.165, 1.54) is 0 Å². The minimum absolute atomic E-state index is 0.405. The Balaban J connectivity index is 2.04. The summed E-state index contributed by atoms with van der Waals surface area (Å²) in [5.74, 6) is 0.405. The summed E-state index contributed by atoms with van der Waals surface area (Å²) < 4.78 is 0. The first-order chi connectivity index (χ1) is 9.24. The first-order valence-electron chi connectivity index (χ1n) is 6.06. The van der Waals surface area contributed by atoms with Crippen molar-refractivity contribution >= 4 is 10.9 Å². The Hall–Kier alpha value is -2.33. The van der Waals surface area contributed by atoms with Crippen LogP contribution < -0.4 is 0 Å². The molecule has 1 unspecified atom stereocenters. The lowest BCUT2D eigenvalue weighted by Crippen LogP contribution is -2.04. The van der Waals surface area contributed by atoms with E-state index in [-0.39, 0.29) is 0 Å². The molecule has 1 atom stereocenters. The fraction of sp³-hybridized carbons (Fsp3) is 0.133. The van der Waals surface area contributed by atoms with Gasteiger partial charge in [0.05, 0.1) is 5.52 Å². The van der Waals surface area contributed by atoms with E-state index in [2.05, 4.69) is 15.0 Å². The lowest BCUT2D eigenvalue weighted by Gasteiger charge is -2.10. The summed E-state index contributed by atoms with van der Waals surface area (Å²) in [5, 5.41) is 11.3. The number of aryl methyl sites for hydroxylation is 1. The van der Waals surface area contributed by atoms with Crippen LogP contribution in [-0.4, -0.2) is 20.1 Å². The van der Waals surface area contributed by atoms with E-state index in [1.54, 1.807) is 18.5 Å². The predicted molar refractivity (Wildman–Crippen MR) is 72.6 cm³/mol. The van der Waals surface area contributed by atoms with E-state index >= 15 is 0 Å². The molecule has 2 heterocycles. The number of aromatic nitrogens is 3. The van der Waals surface area contributed by atoms with Gasteiger partial charge in [0.1, 0.15) is 6.10 Å². The van der Waals surface area contributed by atoms with Crippen molar-refractivity contribution in [3.8, 4) is 0 Å². The first kappa shape index (κ1) is 11.7. The molecule has 0 aliphatic carbocycles. The lowest BCUT2D eigenvalue weighted by atomic mass is 10.1. The van der Waals surface area contributed by atoms with Crippen LogP contribution in [-0.2, 0) is 0 Å². The standard InChI is InChI=1S/C15H13N3O/c1-10-3-4-11-9-12(5-6-13(11)18-10)14(19)15-16-7-2-8-17-15/h2-9,14,19H,1H3. The number of aliphatic hydroxyl groups excluding tert-OH is 1. The van der Waals surface area contributed by atoms with Gasteiger partial charge in [-0.3, -0.25) is 4.98 Å². The molecule has 1 N–H and O–H groups in total.